The van der Waals surface area contributed by atoms with Crippen molar-refractivity contribution in [3.63, 3.8) is 0 Å². The molecule has 0 aromatic carbocycles. The Hall–Kier alpha value is -0.390. The van der Waals surface area contributed by atoms with Crippen molar-refractivity contribution in [2.45, 2.75) is 0 Å². The van der Waals surface area contributed by atoms with Crippen LogP contribution in [-0.2, 0) is 4.52 Å². The van der Waals surface area contributed by atoms with E-state index in [0.29, 0.717) is 8.19 Å². The molecule has 70 valence electrons. The average Bonchev–Trinajstić information content (AvgIpc) is 2.29. The highest BCUT2D eigenvalue weighted by molar-refractivity contribution is 7.66. The molecule has 0 aliphatic rings. The van der Waals surface area contributed by atoms with Gasteiger partial charge in [0.1, 0.15) is 0 Å². The van der Waals surface area contributed by atoms with Crippen LogP contribution in [0.2, 0.25) is 0 Å². The lowest BCUT2D eigenvalue weighted by Gasteiger charge is -2.03. The van der Waals surface area contributed by atoms with E-state index in [1.165, 1.54) is 7.11 Å². The fourth-order valence-electron chi connectivity index (χ4n) is 0.794. The van der Waals surface area contributed by atoms with Crippen LogP contribution < -0.4 is 5.04 Å². The summed E-state index contributed by atoms with van der Waals surface area (Å²) in [5.74, 6) is 2.03. The van der Waals surface area contributed by atoms with Gasteiger partial charge in [0, 0.05) is 12.1 Å². The van der Waals surface area contributed by atoms with Crippen LogP contribution in [0, 0.1) is 0 Å². The molecule has 13 heavy (non-hydrogen) atoms. The second-order valence-corrected chi connectivity index (χ2v) is 5.26. The highest BCUT2D eigenvalue weighted by atomic mass is 31.2. The Balaban J connectivity index is 3.04. The summed E-state index contributed by atoms with van der Waals surface area (Å²) in [6.07, 6.45) is 0. The van der Waals surface area contributed by atoms with E-state index >= 15 is 0 Å². The first-order valence-corrected chi connectivity index (χ1v) is 6.13. The fraction of sp³-hybridized carbons (Fsp3) is 0.111. The molecule has 0 spiro atoms. The van der Waals surface area contributed by atoms with E-state index in [1.54, 1.807) is 0 Å². The molecule has 1 N–H and O–H groups in total. The van der Waals surface area contributed by atoms with Gasteiger partial charge in [-0.2, -0.15) is 0 Å². The zero-order valence-electron chi connectivity index (χ0n) is 7.34. The zero-order valence-corrected chi connectivity index (χ0v) is 9.24. The summed E-state index contributed by atoms with van der Waals surface area (Å²) >= 11 is 0. The average molecular weight is 214 g/mol. The van der Waals surface area contributed by atoms with E-state index in [2.05, 4.69) is 0 Å². The van der Waals surface area contributed by atoms with E-state index in [0.717, 1.165) is 5.04 Å². The van der Waals surface area contributed by atoms with Gasteiger partial charge >= 0.3 is 0 Å². The summed E-state index contributed by atoms with van der Waals surface area (Å²) in [7, 11) is 0.625. The van der Waals surface area contributed by atoms with Crippen molar-refractivity contribution in [1.29, 1.82) is 0 Å². The van der Waals surface area contributed by atoms with E-state index in [4.69, 9.17) is 4.52 Å². The molecule has 0 radical (unpaired) electrons. The minimum Gasteiger partial charge on any atom is -0.346 e. The van der Waals surface area contributed by atoms with Crippen LogP contribution in [0.15, 0.2) is 42.2 Å². The summed E-state index contributed by atoms with van der Waals surface area (Å²) < 4.78 is 4.90. The Morgan fingerprint density at radius 3 is 2.69 bits per heavy atom. The van der Waals surface area contributed by atoms with Gasteiger partial charge in [0.2, 0.25) is 8.38 Å². The molecule has 0 amide bonds. The first kappa shape index (κ1) is 10.7. The lowest BCUT2D eigenvalue weighted by molar-refractivity contribution is 0.401. The van der Waals surface area contributed by atoms with Gasteiger partial charge < -0.3 is 9.42 Å². The Kier molecular flexibility index (Phi) is 5.03. The zero-order chi connectivity index (χ0) is 9.52. The second kappa shape index (κ2) is 6.12. The maximum atomic E-state index is 9.48. The molecule has 0 aliphatic carbocycles. The highest BCUT2D eigenvalue weighted by Gasteiger charge is 2.02. The van der Waals surface area contributed by atoms with Gasteiger partial charge in [-0.15, -0.1) is 8.19 Å². The molecule has 0 saturated heterocycles. The molecule has 4 heteroatoms. The molecular weight excluding hydrogens is 202 g/mol. The molecule has 0 fully saturated rings. The molecule has 1 heterocycles. The molecule has 1 rings (SSSR count). The monoisotopic (exact) mass is 214 g/mol. The summed E-state index contributed by atoms with van der Waals surface area (Å²) in [6, 6.07) is 11.6. The van der Waals surface area contributed by atoms with Gasteiger partial charge in [-0.1, -0.05) is 30.3 Å². The maximum Gasteiger partial charge on any atom is 0.206 e. The summed E-state index contributed by atoms with van der Waals surface area (Å²) in [5.41, 5.74) is 0. The second-order valence-electron chi connectivity index (χ2n) is 2.28. The molecule has 2 atom stereocenters. The van der Waals surface area contributed by atoms with Crippen LogP contribution in [0.1, 0.15) is 0 Å². The van der Waals surface area contributed by atoms with Gasteiger partial charge in [-0.05, 0) is 11.9 Å². The Morgan fingerprint density at radius 2 is 1.92 bits per heavy atom. The smallest absolute Gasteiger partial charge is 0.206 e. The van der Waals surface area contributed by atoms with Crippen LogP contribution >= 0.6 is 16.6 Å². The summed E-state index contributed by atoms with van der Waals surface area (Å²) in [6.45, 7) is 0. The van der Waals surface area contributed by atoms with E-state index < -0.39 is 8.38 Å². The predicted octanol–water partition coefficient (Wildman–Crippen LogP) is 2.42. The van der Waals surface area contributed by atoms with E-state index in [1.807, 2.05) is 42.2 Å². The fourth-order valence-corrected chi connectivity index (χ4v) is 2.71. The highest BCUT2D eigenvalue weighted by Crippen LogP contribution is 2.30. The lowest BCUT2D eigenvalue weighted by Crippen LogP contribution is -1.93. The van der Waals surface area contributed by atoms with Crippen LogP contribution in [0.3, 0.4) is 0 Å². The third-order valence-corrected chi connectivity index (χ3v) is 4.09. The van der Waals surface area contributed by atoms with Crippen molar-refractivity contribution in [2.75, 3.05) is 7.11 Å². The van der Waals surface area contributed by atoms with Gasteiger partial charge in [-0.25, -0.2) is 0 Å². The lowest BCUT2D eigenvalue weighted by atomic mass is 10.5. The standard InChI is InChI=1S/C9H12O2P2/c1-11-13(10)9-7-5-3-2-4-6-8-12-9/h2-8,10,12H,1H3. The minimum absolute atomic E-state index is 0.496. The summed E-state index contributed by atoms with van der Waals surface area (Å²) in [5, 5.41) is 0.953. The molecule has 0 bridgehead atoms. The molecule has 1 aromatic heterocycles. The first-order chi connectivity index (χ1) is 6.34. The van der Waals surface area contributed by atoms with Gasteiger partial charge in [-0.3, -0.25) is 0 Å². The SMILES string of the molecule is COP(O)c1ccccccc[pH]1. The van der Waals surface area contributed by atoms with Gasteiger partial charge in [0.25, 0.3) is 0 Å². The van der Waals surface area contributed by atoms with Crippen molar-refractivity contribution in [3.05, 3.63) is 42.2 Å². The van der Waals surface area contributed by atoms with Crippen molar-refractivity contribution in [3.8, 4) is 0 Å². The predicted molar refractivity (Wildman–Crippen MR) is 59.4 cm³/mol. The van der Waals surface area contributed by atoms with E-state index in [9.17, 15) is 4.89 Å². The van der Waals surface area contributed by atoms with Crippen LogP contribution in [0.25, 0.3) is 0 Å². The van der Waals surface area contributed by atoms with E-state index in [-0.39, 0.29) is 0 Å². The molecule has 2 nitrogen and oxygen atoms in total. The third kappa shape index (κ3) is 3.89. The Labute approximate surface area is 80.9 Å². The van der Waals surface area contributed by atoms with Crippen molar-refractivity contribution < 1.29 is 9.42 Å². The Bertz CT molecular complexity index is 273. The topological polar surface area (TPSA) is 29.5 Å². The molecule has 0 aliphatic heterocycles. The van der Waals surface area contributed by atoms with Crippen LogP contribution in [-0.4, -0.2) is 12.0 Å². The van der Waals surface area contributed by atoms with Crippen molar-refractivity contribution in [1.82, 2.24) is 0 Å². The first-order valence-electron chi connectivity index (χ1n) is 3.84. The number of rotatable bonds is 2. The molecule has 0 saturated carbocycles. The quantitative estimate of drug-likeness (QED) is 0.766. The Morgan fingerprint density at radius 1 is 1.23 bits per heavy atom. The normalized spacial score (nSPS) is 12.5. The molecule has 2 unspecified atom stereocenters. The third-order valence-electron chi connectivity index (χ3n) is 1.40. The van der Waals surface area contributed by atoms with Crippen LogP contribution in [0.4, 0.5) is 0 Å². The number of hydrogen-bond donors (Lipinski definition) is 1. The van der Waals surface area contributed by atoms with Crippen molar-refractivity contribution >= 4 is 21.6 Å². The molecular formula is C9H12O2P2. The van der Waals surface area contributed by atoms with Crippen LogP contribution in [0.5, 0.6) is 0 Å². The van der Waals surface area contributed by atoms with Gasteiger partial charge in [0.05, 0.1) is 0 Å². The van der Waals surface area contributed by atoms with Crippen molar-refractivity contribution in [2.24, 2.45) is 0 Å². The largest absolute Gasteiger partial charge is 0.346 e. The summed E-state index contributed by atoms with van der Waals surface area (Å²) in [4.78, 5) is 9.48. The molecule has 1 aromatic rings. The maximum absolute atomic E-state index is 9.48. The van der Waals surface area contributed by atoms with Gasteiger partial charge in [0.15, 0.2) is 0 Å². The minimum atomic E-state index is -1.39. The number of hydrogen-bond acceptors (Lipinski definition) is 2.